The predicted octanol–water partition coefficient (Wildman–Crippen LogP) is 1.50. The maximum absolute atomic E-state index is 13.1. The molecule has 1 heterocycles. The molecule has 10 heteroatoms. The van der Waals surface area contributed by atoms with Crippen LogP contribution in [0.4, 0.5) is 4.79 Å². The number of aliphatic carboxylic acids is 1. The maximum Gasteiger partial charge on any atom is 0.326 e. The maximum atomic E-state index is 13.1. The average Bonchev–Trinajstić information content (AvgIpc) is 2.78. The molecule has 32 heavy (non-hydrogen) atoms. The standard InChI is InChI=1S/C22H36N6O4/c23-12-6-4-11-18(21(30)31)26-22(32)27-19(14-16-8-2-1-3-9-16)20(29)28(24)15-17-10-5-7-13-25-17/h5,7,10,13,16,18-19H,1-4,6,8-9,11-12,14-15,23-24H2,(H,30,31)(H2,26,27,32)/t18?,19-/m1/s1. The van der Waals surface area contributed by atoms with Crippen LogP contribution in [0, 0.1) is 5.92 Å². The molecule has 0 saturated heterocycles. The van der Waals surface area contributed by atoms with Gasteiger partial charge in [-0.05, 0) is 50.3 Å². The summed E-state index contributed by atoms with van der Waals surface area (Å²) in [7, 11) is 0. The van der Waals surface area contributed by atoms with Gasteiger partial charge in [0.15, 0.2) is 0 Å². The second-order valence-electron chi connectivity index (χ2n) is 8.37. The number of carboxylic acids is 1. The van der Waals surface area contributed by atoms with E-state index in [4.69, 9.17) is 11.6 Å². The number of nitrogens with zero attached hydrogens (tertiary/aromatic N) is 2. The number of carbonyl (C=O) groups excluding carboxylic acids is 2. The number of nitrogens with two attached hydrogens (primary N) is 2. The van der Waals surface area contributed by atoms with E-state index in [-0.39, 0.29) is 13.0 Å². The first-order chi connectivity index (χ1) is 15.4. The fourth-order valence-electron chi connectivity index (χ4n) is 4.03. The summed E-state index contributed by atoms with van der Waals surface area (Å²) in [6, 6.07) is 2.77. The SMILES string of the molecule is NCCCCC(NC(=O)N[C@H](CC1CCCCC1)C(=O)N(N)Cc1ccccn1)C(=O)O. The zero-order valence-electron chi connectivity index (χ0n) is 18.5. The number of rotatable bonds is 12. The van der Waals surface area contributed by atoms with Crippen LogP contribution in [0.1, 0.15) is 63.5 Å². The van der Waals surface area contributed by atoms with Crippen LogP contribution in [0.15, 0.2) is 24.4 Å². The van der Waals surface area contributed by atoms with Gasteiger partial charge >= 0.3 is 12.0 Å². The highest BCUT2D eigenvalue weighted by molar-refractivity contribution is 5.88. The number of aromatic nitrogens is 1. The molecule has 0 radical (unpaired) electrons. The van der Waals surface area contributed by atoms with Gasteiger partial charge in [0.05, 0.1) is 12.2 Å². The van der Waals surface area contributed by atoms with Crippen molar-refractivity contribution in [1.82, 2.24) is 20.6 Å². The lowest BCUT2D eigenvalue weighted by atomic mass is 9.84. The Hall–Kier alpha value is -2.72. The molecule has 0 aromatic carbocycles. The Kier molecular flexibility index (Phi) is 10.9. The Morgan fingerprint density at radius 2 is 1.84 bits per heavy atom. The highest BCUT2D eigenvalue weighted by Crippen LogP contribution is 2.27. The van der Waals surface area contributed by atoms with E-state index in [2.05, 4.69) is 15.6 Å². The molecule has 10 nitrogen and oxygen atoms in total. The van der Waals surface area contributed by atoms with Gasteiger partial charge in [-0.1, -0.05) is 38.2 Å². The van der Waals surface area contributed by atoms with Gasteiger partial charge in [0, 0.05) is 6.20 Å². The number of carboxylic acid groups (broad SMARTS) is 1. The number of hydrazine groups is 1. The molecule has 2 atom stereocenters. The molecule has 1 aliphatic carbocycles. The Morgan fingerprint density at radius 3 is 2.47 bits per heavy atom. The summed E-state index contributed by atoms with van der Waals surface area (Å²) in [6.07, 6.45) is 8.97. The molecule has 178 valence electrons. The number of nitrogens with one attached hydrogen (secondary N) is 2. The molecule has 3 amide bonds. The van der Waals surface area contributed by atoms with Gasteiger partial charge in [0.25, 0.3) is 5.91 Å². The first kappa shape index (κ1) is 25.5. The molecule has 1 saturated carbocycles. The molecule has 7 N–H and O–H groups in total. The topological polar surface area (TPSA) is 164 Å². The van der Waals surface area contributed by atoms with Crippen molar-refractivity contribution in [3.8, 4) is 0 Å². The summed E-state index contributed by atoms with van der Waals surface area (Å²) >= 11 is 0. The fourth-order valence-corrected chi connectivity index (χ4v) is 4.03. The lowest BCUT2D eigenvalue weighted by molar-refractivity contribution is -0.139. The van der Waals surface area contributed by atoms with Crippen LogP contribution in [0.3, 0.4) is 0 Å². The van der Waals surface area contributed by atoms with E-state index in [1.165, 1.54) is 6.42 Å². The lowest BCUT2D eigenvalue weighted by Gasteiger charge is -2.29. The number of amides is 3. The molecule has 0 aliphatic heterocycles. The van der Waals surface area contributed by atoms with Crippen molar-refractivity contribution in [3.63, 3.8) is 0 Å². The summed E-state index contributed by atoms with van der Waals surface area (Å²) in [6.45, 7) is 0.570. The quantitative estimate of drug-likeness (QED) is 0.140. The fraction of sp³-hybridized carbons (Fsp3) is 0.636. The summed E-state index contributed by atoms with van der Waals surface area (Å²) in [5.74, 6) is 4.79. The summed E-state index contributed by atoms with van der Waals surface area (Å²) in [5, 5.41) is 15.6. The van der Waals surface area contributed by atoms with Crippen LogP contribution >= 0.6 is 0 Å². The Morgan fingerprint density at radius 1 is 1.12 bits per heavy atom. The molecular formula is C22H36N6O4. The largest absolute Gasteiger partial charge is 0.480 e. The predicted molar refractivity (Wildman–Crippen MR) is 120 cm³/mol. The molecule has 1 aliphatic rings. The van der Waals surface area contributed by atoms with Crippen LogP contribution in [0.25, 0.3) is 0 Å². The third kappa shape index (κ3) is 8.80. The smallest absolute Gasteiger partial charge is 0.326 e. The number of carbonyl (C=O) groups is 3. The minimum absolute atomic E-state index is 0.112. The van der Waals surface area contributed by atoms with E-state index in [9.17, 15) is 19.5 Å². The summed E-state index contributed by atoms with van der Waals surface area (Å²) in [5.41, 5.74) is 6.09. The summed E-state index contributed by atoms with van der Waals surface area (Å²) in [4.78, 5) is 41.4. The third-order valence-corrected chi connectivity index (χ3v) is 5.79. The normalized spacial score (nSPS) is 16.1. The van der Waals surface area contributed by atoms with Crippen molar-refractivity contribution in [2.45, 2.75) is 76.4 Å². The molecule has 1 aromatic rings. The van der Waals surface area contributed by atoms with E-state index in [0.717, 1.165) is 30.7 Å². The number of hydrogen-bond donors (Lipinski definition) is 5. The molecule has 1 unspecified atom stereocenters. The van der Waals surface area contributed by atoms with Crippen LogP contribution in [-0.2, 0) is 16.1 Å². The monoisotopic (exact) mass is 448 g/mol. The molecule has 2 rings (SSSR count). The Balaban J connectivity index is 2.03. The zero-order chi connectivity index (χ0) is 23.3. The lowest BCUT2D eigenvalue weighted by Crippen LogP contribution is -2.55. The van der Waals surface area contributed by atoms with Crippen molar-refractivity contribution in [1.29, 1.82) is 0 Å². The first-order valence-electron chi connectivity index (χ1n) is 11.4. The van der Waals surface area contributed by atoms with E-state index in [0.29, 0.717) is 37.4 Å². The molecule has 1 fully saturated rings. The van der Waals surface area contributed by atoms with Gasteiger partial charge in [-0.25, -0.2) is 15.4 Å². The molecular weight excluding hydrogens is 412 g/mol. The van der Waals surface area contributed by atoms with Crippen LogP contribution in [0.5, 0.6) is 0 Å². The van der Waals surface area contributed by atoms with Gasteiger partial charge in [-0.2, -0.15) is 0 Å². The number of hydrogen-bond acceptors (Lipinski definition) is 6. The third-order valence-electron chi connectivity index (χ3n) is 5.79. The van der Waals surface area contributed by atoms with Gasteiger partial charge in [-0.15, -0.1) is 0 Å². The van der Waals surface area contributed by atoms with E-state index in [1.807, 2.05) is 6.07 Å². The Labute approximate surface area is 189 Å². The second kappa shape index (κ2) is 13.6. The van der Waals surface area contributed by atoms with Gasteiger partial charge < -0.3 is 21.5 Å². The van der Waals surface area contributed by atoms with Crippen LogP contribution < -0.4 is 22.2 Å². The van der Waals surface area contributed by atoms with Crippen molar-refractivity contribution >= 4 is 17.9 Å². The van der Waals surface area contributed by atoms with Gasteiger partial charge in [0.1, 0.15) is 12.1 Å². The van der Waals surface area contributed by atoms with Gasteiger partial charge in [-0.3, -0.25) is 14.8 Å². The van der Waals surface area contributed by atoms with Gasteiger partial charge in [0.2, 0.25) is 0 Å². The van der Waals surface area contributed by atoms with Crippen molar-refractivity contribution in [2.24, 2.45) is 17.5 Å². The van der Waals surface area contributed by atoms with Crippen LogP contribution in [-0.4, -0.2) is 51.6 Å². The molecule has 1 aromatic heterocycles. The first-order valence-corrected chi connectivity index (χ1v) is 11.4. The summed E-state index contributed by atoms with van der Waals surface area (Å²) < 4.78 is 0. The molecule has 0 spiro atoms. The second-order valence-corrected chi connectivity index (χ2v) is 8.37. The zero-order valence-corrected chi connectivity index (χ0v) is 18.5. The average molecular weight is 449 g/mol. The minimum atomic E-state index is -1.12. The van der Waals surface area contributed by atoms with E-state index < -0.39 is 30.0 Å². The van der Waals surface area contributed by atoms with Crippen molar-refractivity contribution in [2.75, 3.05) is 6.54 Å². The Bertz CT molecular complexity index is 726. The van der Waals surface area contributed by atoms with E-state index >= 15 is 0 Å². The minimum Gasteiger partial charge on any atom is -0.480 e. The number of urea groups is 1. The highest BCUT2D eigenvalue weighted by atomic mass is 16.4. The molecule has 0 bridgehead atoms. The number of unbranched alkanes of at least 4 members (excludes halogenated alkanes) is 1. The highest BCUT2D eigenvalue weighted by Gasteiger charge is 2.30. The van der Waals surface area contributed by atoms with Crippen LogP contribution in [0.2, 0.25) is 0 Å². The van der Waals surface area contributed by atoms with Crippen molar-refractivity contribution in [3.05, 3.63) is 30.1 Å². The number of pyridine rings is 1. The van der Waals surface area contributed by atoms with Crippen molar-refractivity contribution < 1.29 is 19.5 Å². The van der Waals surface area contributed by atoms with E-state index in [1.54, 1.807) is 18.3 Å².